The van der Waals surface area contributed by atoms with E-state index in [2.05, 4.69) is 41.9 Å². The normalized spacial score (nSPS) is 16.2. The molecule has 4 rings (SSSR count). The summed E-state index contributed by atoms with van der Waals surface area (Å²) in [6.45, 7) is 6.15. The zero-order valence-electron chi connectivity index (χ0n) is 17.2. The zero-order chi connectivity index (χ0) is 20.3. The molecule has 0 aliphatic carbocycles. The maximum Gasteiger partial charge on any atom is 0.230 e. The number of para-hydroxylation sites is 2. The van der Waals surface area contributed by atoms with Gasteiger partial charge < -0.3 is 14.6 Å². The van der Waals surface area contributed by atoms with Crippen LogP contribution in [0.2, 0.25) is 0 Å². The molecule has 29 heavy (non-hydrogen) atoms. The standard InChI is InChI=1S/C24H29N3O2/c1-18(2)27-21-11-7-6-10-20(21)26-22(27)12-15-25-23(28)24(13-16-29-17-14-24)19-8-4-3-5-9-19/h3-11,18H,12-17H2,1-2H3,(H,25,28). The molecule has 1 aromatic heterocycles. The average molecular weight is 392 g/mol. The third-order valence-corrected chi connectivity index (χ3v) is 5.93. The lowest BCUT2D eigenvalue weighted by molar-refractivity contribution is -0.130. The largest absolute Gasteiger partial charge is 0.381 e. The van der Waals surface area contributed by atoms with E-state index in [4.69, 9.17) is 9.72 Å². The molecule has 1 aliphatic rings. The molecule has 0 saturated carbocycles. The van der Waals surface area contributed by atoms with E-state index in [0.29, 0.717) is 45.1 Å². The van der Waals surface area contributed by atoms with Gasteiger partial charge >= 0.3 is 0 Å². The van der Waals surface area contributed by atoms with Gasteiger partial charge in [-0.1, -0.05) is 42.5 Å². The highest BCUT2D eigenvalue weighted by molar-refractivity contribution is 5.88. The average Bonchev–Trinajstić information content (AvgIpc) is 3.13. The van der Waals surface area contributed by atoms with Gasteiger partial charge in [-0.2, -0.15) is 0 Å². The number of hydrogen-bond donors (Lipinski definition) is 1. The monoisotopic (exact) mass is 391 g/mol. The van der Waals surface area contributed by atoms with Crippen molar-refractivity contribution < 1.29 is 9.53 Å². The predicted octanol–water partition coefficient (Wildman–Crippen LogP) is 4.02. The van der Waals surface area contributed by atoms with Crippen molar-refractivity contribution in [2.24, 2.45) is 0 Å². The first-order valence-corrected chi connectivity index (χ1v) is 10.5. The van der Waals surface area contributed by atoms with E-state index < -0.39 is 5.41 Å². The van der Waals surface area contributed by atoms with Gasteiger partial charge in [0.2, 0.25) is 5.91 Å². The van der Waals surface area contributed by atoms with Gasteiger partial charge in [0, 0.05) is 32.2 Å². The second kappa shape index (κ2) is 8.37. The molecule has 3 aromatic rings. The van der Waals surface area contributed by atoms with Gasteiger partial charge in [0.25, 0.3) is 0 Å². The Balaban J connectivity index is 1.51. The summed E-state index contributed by atoms with van der Waals surface area (Å²) < 4.78 is 7.82. The third-order valence-electron chi connectivity index (χ3n) is 5.93. The molecule has 0 unspecified atom stereocenters. The summed E-state index contributed by atoms with van der Waals surface area (Å²) in [6.07, 6.45) is 2.14. The Labute approximate surface area is 172 Å². The number of carbonyl (C=O) groups is 1. The van der Waals surface area contributed by atoms with Crippen molar-refractivity contribution in [3.63, 3.8) is 0 Å². The van der Waals surface area contributed by atoms with Crippen LogP contribution in [-0.4, -0.2) is 35.2 Å². The highest BCUT2D eigenvalue weighted by Crippen LogP contribution is 2.35. The maximum absolute atomic E-state index is 13.3. The number of nitrogens with zero attached hydrogens (tertiary/aromatic N) is 2. The molecule has 5 nitrogen and oxygen atoms in total. The lowest BCUT2D eigenvalue weighted by Crippen LogP contribution is -2.48. The summed E-state index contributed by atoms with van der Waals surface area (Å²) in [5.74, 6) is 1.11. The molecule has 1 amide bonds. The van der Waals surface area contributed by atoms with Gasteiger partial charge in [0.1, 0.15) is 5.82 Å². The van der Waals surface area contributed by atoms with Crippen LogP contribution in [0.25, 0.3) is 11.0 Å². The molecule has 152 valence electrons. The SMILES string of the molecule is CC(C)n1c(CCNC(=O)C2(c3ccccc3)CCOCC2)nc2ccccc21. The molecule has 1 N–H and O–H groups in total. The van der Waals surface area contributed by atoms with Gasteiger partial charge in [-0.25, -0.2) is 4.98 Å². The third kappa shape index (κ3) is 3.79. The maximum atomic E-state index is 13.3. The fourth-order valence-corrected chi connectivity index (χ4v) is 4.43. The Kier molecular flexibility index (Phi) is 5.67. The first-order valence-electron chi connectivity index (χ1n) is 10.5. The number of hydrogen-bond acceptors (Lipinski definition) is 3. The number of imidazole rings is 1. The van der Waals surface area contributed by atoms with Crippen molar-refractivity contribution in [3.8, 4) is 0 Å². The minimum absolute atomic E-state index is 0.0965. The van der Waals surface area contributed by atoms with Crippen molar-refractivity contribution in [1.29, 1.82) is 0 Å². The summed E-state index contributed by atoms with van der Waals surface area (Å²) in [4.78, 5) is 18.1. The molecule has 1 saturated heterocycles. The topological polar surface area (TPSA) is 56.2 Å². The molecule has 5 heteroatoms. The second-order valence-corrected chi connectivity index (χ2v) is 8.05. The van der Waals surface area contributed by atoms with Gasteiger partial charge in [-0.15, -0.1) is 0 Å². The van der Waals surface area contributed by atoms with E-state index in [9.17, 15) is 4.79 Å². The van der Waals surface area contributed by atoms with E-state index in [0.717, 1.165) is 22.4 Å². The fourth-order valence-electron chi connectivity index (χ4n) is 4.43. The molecule has 0 bridgehead atoms. The molecule has 2 aromatic carbocycles. The van der Waals surface area contributed by atoms with Crippen molar-refractivity contribution in [1.82, 2.24) is 14.9 Å². The van der Waals surface area contributed by atoms with Crippen LogP contribution in [0.5, 0.6) is 0 Å². The quantitative estimate of drug-likeness (QED) is 0.690. The number of carbonyl (C=O) groups excluding carboxylic acids is 1. The van der Waals surface area contributed by atoms with Crippen molar-refractivity contribution in [3.05, 3.63) is 66.0 Å². The highest BCUT2D eigenvalue weighted by atomic mass is 16.5. The zero-order valence-corrected chi connectivity index (χ0v) is 17.2. The Hall–Kier alpha value is -2.66. The Morgan fingerprint density at radius 3 is 2.52 bits per heavy atom. The second-order valence-electron chi connectivity index (χ2n) is 8.05. The Morgan fingerprint density at radius 1 is 1.10 bits per heavy atom. The Bertz CT molecular complexity index is 972. The number of aromatic nitrogens is 2. The van der Waals surface area contributed by atoms with E-state index in [1.54, 1.807) is 0 Å². The molecule has 0 spiro atoms. The lowest BCUT2D eigenvalue weighted by atomic mass is 9.73. The molecule has 0 radical (unpaired) electrons. The van der Waals surface area contributed by atoms with E-state index >= 15 is 0 Å². The van der Waals surface area contributed by atoms with Crippen LogP contribution >= 0.6 is 0 Å². The van der Waals surface area contributed by atoms with Crippen LogP contribution in [0, 0.1) is 0 Å². The molecule has 2 heterocycles. The van der Waals surface area contributed by atoms with Crippen LogP contribution < -0.4 is 5.32 Å². The number of rotatable bonds is 6. The molecular weight excluding hydrogens is 362 g/mol. The molecular formula is C24H29N3O2. The summed E-state index contributed by atoms with van der Waals surface area (Å²) in [7, 11) is 0. The van der Waals surface area contributed by atoms with Crippen molar-refractivity contribution >= 4 is 16.9 Å². The van der Waals surface area contributed by atoms with Crippen LogP contribution in [0.3, 0.4) is 0 Å². The summed E-state index contributed by atoms with van der Waals surface area (Å²) >= 11 is 0. The molecule has 1 aliphatic heterocycles. The molecule has 1 fully saturated rings. The van der Waals surface area contributed by atoms with Gasteiger partial charge in [-0.3, -0.25) is 4.79 Å². The van der Waals surface area contributed by atoms with Crippen LogP contribution in [-0.2, 0) is 21.4 Å². The van der Waals surface area contributed by atoms with Gasteiger partial charge in [0.15, 0.2) is 0 Å². The number of nitrogens with one attached hydrogen (secondary N) is 1. The van der Waals surface area contributed by atoms with Crippen molar-refractivity contribution in [2.75, 3.05) is 19.8 Å². The van der Waals surface area contributed by atoms with Crippen molar-refractivity contribution in [2.45, 2.75) is 44.6 Å². The van der Waals surface area contributed by atoms with Crippen LogP contribution in [0.15, 0.2) is 54.6 Å². The predicted molar refractivity (Wildman–Crippen MR) is 115 cm³/mol. The minimum atomic E-state index is -0.502. The van der Waals surface area contributed by atoms with E-state index in [1.165, 1.54) is 0 Å². The number of amides is 1. The van der Waals surface area contributed by atoms with Gasteiger partial charge in [-0.05, 0) is 44.4 Å². The summed E-state index contributed by atoms with van der Waals surface area (Å²) in [5, 5.41) is 3.20. The summed E-state index contributed by atoms with van der Waals surface area (Å²) in [5.41, 5.74) is 2.73. The smallest absolute Gasteiger partial charge is 0.230 e. The Morgan fingerprint density at radius 2 is 1.79 bits per heavy atom. The van der Waals surface area contributed by atoms with E-state index in [-0.39, 0.29) is 5.91 Å². The summed E-state index contributed by atoms with van der Waals surface area (Å²) in [6, 6.07) is 18.6. The number of ether oxygens (including phenoxy) is 1. The minimum Gasteiger partial charge on any atom is -0.381 e. The first kappa shape index (κ1) is 19.6. The fraction of sp³-hybridized carbons (Fsp3) is 0.417. The van der Waals surface area contributed by atoms with Gasteiger partial charge in [0.05, 0.1) is 16.4 Å². The molecule has 0 atom stereocenters. The highest BCUT2D eigenvalue weighted by Gasteiger charge is 2.41. The van der Waals surface area contributed by atoms with E-state index in [1.807, 2.05) is 36.4 Å². The van der Waals surface area contributed by atoms with Crippen LogP contribution in [0.4, 0.5) is 0 Å². The first-order chi connectivity index (χ1) is 14.1. The number of fused-ring (bicyclic) bond motifs is 1. The lowest BCUT2D eigenvalue weighted by Gasteiger charge is -2.36. The van der Waals surface area contributed by atoms with Crippen LogP contribution in [0.1, 0.15) is 44.1 Å². The number of benzene rings is 2.